The van der Waals surface area contributed by atoms with Crippen LogP contribution in [0.1, 0.15) is 24.4 Å². The number of hydrogen-bond acceptors (Lipinski definition) is 7. The zero-order valence-electron chi connectivity index (χ0n) is 19.3. The Hall–Kier alpha value is -3.11. The Morgan fingerprint density at radius 3 is 2.59 bits per heavy atom. The molecule has 10 heteroatoms. The number of epoxide rings is 1. The summed E-state index contributed by atoms with van der Waals surface area (Å²) in [4.78, 5) is 4.73. The molecule has 3 heterocycles. The number of halogens is 2. The predicted molar refractivity (Wildman–Crippen MR) is 122 cm³/mol. The van der Waals surface area contributed by atoms with Crippen LogP contribution in [-0.4, -0.2) is 71.5 Å². The molecule has 0 aliphatic carbocycles. The van der Waals surface area contributed by atoms with Crippen molar-refractivity contribution in [2.24, 2.45) is 0 Å². The second-order valence-electron chi connectivity index (χ2n) is 8.77. The predicted octanol–water partition coefficient (Wildman–Crippen LogP) is 2.81. The van der Waals surface area contributed by atoms with E-state index in [4.69, 9.17) is 9.47 Å². The van der Waals surface area contributed by atoms with Gasteiger partial charge in [0.05, 0.1) is 25.4 Å². The zero-order chi connectivity index (χ0) is 23.7. The quantitative estimate of drug-likeness (QED) is 0.469. The number of piperazine rings is 1. The molecule has 34 heavy (non-hydrogen) atoms. The van der Waals surface area contributed by atoms with E-state index in [9.17, 15) is 8.78 Å². The highest BCUT2D eigenvalue weighted by atomic mass is 19.1. The average molecular weight is 471 g/mol. The molecular weight excluding hydrogens is 442 g/mol. The highest BCUT2D eigenvalue weighted by Gasteiger charge is 2.54. The van der Waals surface area contributed by atoms with Crippen LogP contribution in [-0.2, 0) is 16.8 Å². The molecule has 2 unspecified atom stereocenters. The third-order valence-corrected chi connectivity index (χ3v) is 6.89. The second kappa shape index (κ2) is 9.27. The normalized spacial score (nSPS) is 21.5. The molecule has 2 atom stereocenters. The summed E-state index contributed by atoms with van der Waals surface area (Å²) in [6, 6.07) is 11.3. The largest absolute Gasteiger partial charge is 0.495 e. The van der Waals surface area contributed by atoms with Gasteiger partial charge in [-0.2, -0.15) is 0 Å². The number of rotatable bonds is 8. The number of benzene rings is 2. The van der Waals surface area contributed by atoms with Crippen LogP contribution in [0.15, 0.2) is 42.5 Å². The number of aromatic nitrogens is 4. The molecule has 2 aliphatic heterocycles. The van der Waals surface area contributed by atoms with Gasteiger partial charge in [0.2, 0.25) is 0 Å². The average Bonchev–Trinajstić information content (AvgIpc) is 3.52. The maximum atomic E-state index is 14.5. The van der Waals surface area contributed by atoms with Crippen LogP contribution < -0.4 is 9.64 Å². The molecule has 2 aliphatic rings. The molecule has 2 fully saturated rings. The van der Waals surface area contributed by atoms with Crippen LogP contribution in [0.2, 0.25) is 0 Å². The standard InChI is InChI=1S/C24H28F2N6O2/c1-17(24(16-34-24)19-8-7-18(25)15-20(19)26)32-23(27-28-29-32)9-10-30-11-13-31(14-12-30)21-5-3-4-6-22(21)33-2/h3-8,15,17H,9-14,16H2,1-2H3. The van der Waals surface area contributed by atoms with E-state index in [0.29, 0.717) is 18.6 Å². The molecule has 180 valence electrons. The number of anilines is 1. The number of nitrogens with zero attached hydrogens (tertiary/aromatic N) is 6. The Balaban J connectivity index is 1.21. The van der Waals surface area contributed by atoms with E-state index < -0.39 is 17.2 Å². The maximum Gasteiger partial charge on any atom is 0.153 e. The van der Waals surface area contributed by atoms with Gasteiger partial charge in [-0.25, -0.2) is 13.5 Å². The first-order valence-corrected chi connectivity index (χ1v) is 11.5. The Bertz CT molecular complexity index is 1140. The van der Waals surface area contributed by atoms with Crippen molar-refractivity contribution in [2.45, 2.75) is 25.0 Å². The van der Waals surface area contributed by atoms with E-state index in [1.807, 2.05) is 25.1 Å². The summed E-state index contributed by atoms with van der Waals surface area (Å²) in [6.45, 7) is 6.70. The molecular formula is C24H28F2N6O2. The van der Waals surface area contributed by atoms with Crippen LogP contribution >= 0.6 is 0 Å². The van der Waals surface area contributed by atoms with E-state index in [-0.39, 0.29) is 6.04 Å². The van der Waals surface area contributed by atoms with Gasteiger partial charge in [0.1, 0.15) is 23.0 Å². The Morgan fingerprint density at radius 2 is 1.88 bits per heavy atom. The smallest absolute Gasteiger partial charge is 0.153 e. The number of methoxy groups -OCH3 is 1. The number of ether oxygens (including phenoxy) is 2. The minimum Gasteiger partial charge on any atom is -0.495 e. The van der Waals surface area contributed by atoms with E-state index in [1.54, 1.807) is 11.8 Å². The van der Waals surface area contributed by atoms with Gasteiger partial charge in [-0.1, -0.05) is 18.2 Å². The highest BCUT2D eigenvalue weighted by molar-refractivity contribution is 5.58. The minimum atomic E-state index is -0.887. The first-order chi connectivity index (χ1) is 16.5. The molecule has 1 aromatic heterocycles. The molecule has 0 amide bonds. The van der Waals surface area contributed by atoms with Gasteiger partial charge in [-0.3, -0.25) is 4.90 Å². The topological polar surface area (TPSA) is 71.8 Å². The number of para-hydroxylation sites is 2. The number of tetrazole rings is 1. The third kappa shape index (κ3) is 4.23. The summed E-state index contributed by atoms with van der Waals surface area (Å²) in [5.41, 5.74) is 0.558. The summed E-state index contributed by atoms with van der Waals surface area (Å²) in [5.74, 6) is 0.375. The van der Waals surface area contributed by atoms with Crippen molar-refractivity contribution in [2.75, 3.05) is 51.3 Å². The SMILES string of the molecule is COc1ccccc1N1CCN(CCc2nnnn2C(C)C2(c3ccc(F)cc3F)CO2)CC1. The molecule has 2 saturated heterocycles. The lowest BCUT2D eigenvalue weighted by atomic mass is 9.92. The zero-order valence-corrected chi connectivity index (χ0v) is 19.3. The summed E-state index contributed by atoms with van der Waals surface area (Å²) >= 11 is 0. The van der Waals surface area contributed by atoms with Crippen LogP contribution in [0.3, 0.4) is 0 Å². The Labute approximate surface area is 197 Å². The van der Waals surface area contributed by atoms with E-state index in [2.05, 4.69) is 31.4 Å². The molecule has 0 radical (unpaired) electrons. The molecule has 0 saturated carbocycles. The van der Waals surface area contributed by atoms with Crippen molar-refractivity contribution in [3.63, 3.8) is 0 Å². The lowest BCUT2D eigenvalue weighted by Crippen LogP contribution is -2.47. The monoisotopic (exact) mass is 470 g/mol. The van der Waals surface area contributed by atoms with Crippen molar-refractivity contribution in [3.8, 4) is 5.75 Å². The van der Waals surface area contributed by atoms with Gasteiger partial charge < -0.3 is 14.4 Å². The van der Waals surface area contributed by atoms with E-state index >= 15 is 0 Å². The summed E-state index contributed by atoms with van der Waals surface area (Å²) in [5, 5.41) is 12.2. The Kier molecular flexibility index (Phi) is 6.18. The molecule has 0 N–H and O–H groups in total. The van der Waals surface area contributed by atoms with Crippen LogP contribution in [0, 0.1) is 11.6 Å². The van der Waals surface area contributed by atoms with Gasteiger partial charge in [-0.05, 0) is 35.5 Å². The fourth-order valence-electron chi connectivity index (χ4n) is 4.77. The van der Waals surface area contributed by atoms with Crippen LogP contribution in [0.4, 0.5) is 14.5 Å². The van der Waals surface area contributed by atoms with Crippen molar-refractivity contribution >= 4 is 5.69 Å². The van der Waals surface area contributed by atoms with Gasteiger partial charge in [0.15, 0.2) is 5.82 Å². The van der Waals surface area contributed by atoms with Crippen molar-refractivity contribution < 1.29 is 18.3 Å². The minimum absolute atomic E-state index is 0.329. The molecule has 8 nitrogen and oxygen atoms in total. The first-order valence-electron chi connectivity index (χ1n) is 11.5. The molecule has 0 bridgehead atoms. The van der Waals surface area contributed by atoms with Crippen molar-refractivity contribution in [1.29, 1.82) is 0 Å². The Morgan fingerprint density at radius 1 is 1.12 bits per heavy atom. The molecule has 5 rings (SSSR count). The molecule has 2 aromatic carbocycles. The van der Waals surface area contributed by atoms with E-state index in [0.717, 1.165) is 56.1 Å². The van der Waals surface area contributed by atoms with Crippen molar-refractivity contribution in [1.82, 2.24) is 25.1 Å². The summed E-state index contributed by atoms with van der Waals surface area (Å²) in [7, 11) is 1.70. The number of hydrogen-bond donors (Lipinski definition) is 0. The van der Waals surface area contributed by atoms with E-state index in [1.165, 1.54) is 12.1 Å². The fourth-order valence-corrected chi connectivity index (χ4v) is 4.77. The summed E-state index contributed by atoms with van der Waals surface area (Å²) < 4.78 is 40.8. The maximum absolute atomic E-state index is 14.5. The van der Waals surface area contributed by atoms with Crippen molar-refractivity contribution in [3.05, 3.63) is 65.5 Å². The lowest BCUT2D eigenvalue weighted by molar-refractivity contribution is 0.206. The second-order valence-corrected chi connectivity index (χ2v) is 8.77. The lowest BCUT2D eigenvalue weighted by Gasteiger charge is -2.36. The fraction of sp³-hybridized carbons (Fsp3) is 0.458. The van der Waals surface area contributed by atoms with Crippen LogP contribution in [0.25, 0.3) is 0 Å². The van der Waals surface area contributed by atoms with Gasteiger partial charge in [0.25, 0.3) is 0 Å². The van der Waals surface area contributed by atoms with Gasteiger partial charge in [-0.15, -0.1) is 5.10 Å². The highest BCUT2D eigenvalue weighted by Crippen LogP contribution is 2.48. The third-order valence-electron chi connectivity index (χ3n) is 6.89. The molecule has 3 aromatic rings. The van der Waals surface area contributed by atoms with Crippen LogP contribution in [0.5, 0.6) is 5.75 Å². The summed E-state index contributed by atoms with van der Waals surface area (Å²) in [6.07, 6.45) is 0.661. The molecule has 0 spiro atoms. The van der Waals surface area contributed by atoms with Gasteiger partial charge in [0, 0.05) is 50.8 Å². The van der Waals surface area contributed by atoms with Gasteiger partial charge >= 0.3 is 0 Å². The first kappa shape index (κ1) is 22.7.